The predicted molar refractivity (Wildman–Crippen MR) is 53.1 cm³/mol. The lowest BCUT2D eigenvalue weighted by Gasteiger charge is -2.12. The van der Waals surface area contributed by atoms with E-state index < -0.39 is 0 Å². The van der Waals surface area contributed by atoms with Gasteiger partial charge >= 0.3 is 0 Å². The first-order valence-corrected chi connectivity index (χ1v) is 4.65. The third kappa shape index (κ3) is 3.00. The number of rotatable bonds is 5. The minimum Gasteiger partial charge on any atom is -0.395 e. The van der Waals surface area contributed by atoms with Crippen molar-refractivity contribution in [1.29, 1.82) is 0 Å². The van der Waals surface area contributed by atoms with Crippen molar-refractivity contribution in [3.8, 4) is 0 Å². The summed E-state index contributed by atoms with van der Waals surface area (Å²) in [5, 5.41) is 16.1. The van der Waals surface area contributed by atoms with Crippen LogP contribution in [-0.2, 0) is 6.54 Å². The largest absolute Gasteiger partial charge is 0.395 e. The number of aliphatic hydroxyl groups excluding tert-OH is 1. The van der Waals surface area contributed by atoms with Crippen molar-refractivity contribution in [1.82, 2.24) is 19.9 Å². The maximum atomic E-state index is 11.6. The van der Waals surface area contributed by atoms with Crippen molar-refractivity contribution in [2.45, 2.75) is 6.54 Å². The SMILES string of the molecule is CN(CCO)C(=O)c1cn(CCN)nn1. The molecule has 0 radical (unpaired) electrons. The van der Waals surface area contributed by atoms with Gasteiger partial charge in [-0.25, -0.2) is 0 Å². The minimum atomic E-state index is -0.257. The summed E-state index contributed by atoms with van der Waals surface area (Å²) in [6.07, 6.45) is 1.54. The zero-order valence-electron chi connectivity index (χ0n) is 8.63. The van der Waals surface area contributed by atoms with Crippen LogP contribution in [0.4, 0.5) is 0 Å². The molecule has 1 heterocycles. The van der Waals surface area contributed by atoms with Gasteiger partial charge in [-0.2, -0.15) is 0 Å². The lowest BCUT2D eigenvalue weighted by atomic mass is 10.4. The van der Waals surface area contributed by atoms with E-state index in [4.69, 9.17) is 10.8 Å². The molecule has 1 aromatic rings. The molecule has 0 saturated carbocycles. The summed E-state index contributed by atoms with van der Waals surface area (Å²) >= 11 is 0. The number of hydrogen-bond donors (Lipinski definition) is 2. The van der Waals surface area contributed by atoms with Gasteiger partial charge in [0.25, 0.3) is 5.91 Å². The highest BCUT2D eigenvalue weighted by Crippen LogP contribution is 1.98. The number of nitrogens with two attached hydrogens (primary N) is 1. The quantitative estimate of drug-likeness (QED) is 0.607. The Morgan fingerprint density at radius 3 is 3.07 bits per heavy atom. The minimum absolute atomic E-state index is 0.0703. The Balaban J connectivity index is 2.65. The molecule has 15 heavy (non-hydrogen) atoms. The highest BCUT2D eigenvalue weighted by Gasteiger charge is 2.14. The molecule has 0 spiro atoms. The lowest BCUT2D eigenvalue weighted by Crippen LogP contribution is -2.29. The number of amides is 1. The van der Waals surface area contributed by atoms with E-state index in [1.54, 1.807) is 13.2 Å². The Morgan fingerprint density at radius 2 is 2.47 bits per heavy atom. The normalized spacial score (nSPS) is 10.3. The van der Waals surface area contributed by atoms with Crippen LogP contribution in [0, 0.1) is 0 Å². The van der Waals surface area contributed by atoms with Gasteiger partial charge in [-0.1, -0.05) is 5.21 Å². The monoisotopic (exact) mass is 213 g/mol. The fraction of sp³-hybridized carbons (Fsp3) is 0.625. The highest BCUT2D eigenvalue weighted by atomic mass is 16.3. The second-order valence-electron chi connectivity index (χ2n) is 3.11. The molecule has 7 heteroatoms. The molecule has 0 aliphatic heterocycles. The van der Waals surface area contributed by atoms with Crippen LogP contribution in [0.15, 0.2) is 6.20 Å². The van der Waals surface area contributed by atoms with Crippen molar-refractivity contribution in [2.75, 3.05) is 26.7 Å². The first-order valence-electron chi connectivity index (χ1n) is 4.65. The van der Waals surface area contributed by atoms with Crippen molar-refractivity contribution in [3.05, 3.63) is 11.9 Å². The Bertz CT molecular complexity index is 325. The van der Waals surface area contributed by atoms with Gasteiger partial charge < -0.3 is 15.7 Å². The zero-order valence-corrected chi connectivity index (χ0v) is 8.63. The van der Waals surface area contributed by atoms with E-state index in [0.717, 1.165) is 0 Å². The van der Waals surface area contributed by atoms with Gasteiger partial charge in [0.2, 0.25) is 0 Å². The van der Waals surface area contributed by atoms with E-state index >= 15 is 0 Å². The van der Waals surface area contributed by atoms with Crippen molar-refractivity contribution >= 4 is 5.91 Å². The summed E-state index contributed by atoms with van der Waals surface area (Å²) in [6, 6.07) is 0. The van der Waals surface area contributed by atoms with E-state index in [0.29, 0.717) is 13.1 Å². The number of aromatic nitrogens is 3. The number of carbonyl (C=O) groups excluding carboxylic acids is 1. The second kappa shape index (κ2) is 5.42. The molecule has 1 aromatic heterocycles. The summed E-state index contributed by atoms with van der Waals surface area (Å²) in [5.41, 5.74) is 5.60. The number of hydrogen-bond acceptors (Lipinski definition) is 5. The van der Waals surface area contributed by atoms with E-state index in [9.17, 15) is 4.79 Å². The van der Waals surface area contributed by atoms with Crippen molar-refractivity contribution < 1.29 is 9.90 Å². The lowest BCUT2D eigenvalue weighted by molar-refractivity contribution is 0.0761. The van der Waals surface area contributed by atoms with E-state index in [1.807, 2.05) is 0 Å². The second-order valence-corrected chi connectivity index (χ2v) is 3.11. The predicted octanol–water partition coefficient (Wildman–Crippen LogP) is -1.70. The van der Waals surface area contributed by atoms with Gasteiger partial charge in [-0.05, 0) is 0 Å². The molecule has 0 aliphatic rings. The van der Waals surface area contributed by atoms with Crippen LogP contribution < -0.4 is 5.73 Å². The maximum absolute atomic E-state index is 11.6. The van der Waals surface area contributed by atoms with Gasteiger partial charge in [-0.15, -0.1) is 5.10 Å². The molecule has 0 unspecified atom stereocenters. The Labute approximate surface area is 87.5 Å². The Morgan fingerprint density at radius 1 is 1.73 bits per heavy atom. The first kappa shape index (κ1) is 11.6. The molecule has 0 aliphatic carbocycles. The molecule has 0 atom stereocenters. The Hall–Kier alpha value is -1.47. The fourth-order valence-electron chi connectivity index (χ4n) is 1.09. The molecule has 0 saturated heterocycles. The zero-order chi connectivity index (χ0) is 11.3. The van der Waals surface area contributed by atoms with Gasteiger partial charge in [0.05, 0.1) is 19.3 Å². The standard InChI is InChI=1S/C8H15N5O2/c1-12(4-5-14)8(15)7-6-13(3-2-9)11-10-7/h6,14H,2-5,9H2,1H3. The van der Waals surface area contributed by atoms with Crippen LogP contribution >= 0.6 is 0 Å². The Kier molecular flexibility index (Phi) is 4.19. The summed E-state index contributed by atoms with van der Waals surface area (Å²) in [4.78, 5) is 13.0. The molecular weight excluding hydrogens is 198 g/mol. The van der Waals surface area contributed by atoms with E-state index in [1.165, 1.54) is 9.58 Å². The number of aliphatic hydroxyl groups is 1. The van der Waals surface area contributed by atoms with Gasteiger partial charge in [0.15, 0.2) is 5.69 Å². The molecular formula is C8H15N5O2. The highest BCUT2D eigenvalue weighted by molar-refractivity contribution is 5.91. The van der Waals surface area contributed by atoms with E-state index in [2.05, 4.69) is 10.3 Å². The number of likely N-dealkylation sites (N-methyl/N-ethyl adjacent to an activating group) is 1. The topological polar surface area (TPSA) is 97.3 Å². The van der Waals surface area contributed by atoms with Crippen LogP contribution in [0.2, 0.25) is 0 Å². The van der Waals surface area contributed by atoms with Crippen LogP contribution in [-0.4, -0.2) is 57.7 Å². The smallest absolute Gasteiger partial charge is 0.275 e. The summed E-state index contributed by atoms with van der Waals surface area (Å²) in [6.45, 7) is 1.19. The molecule has 3 N–H and O–H groups in total. The average molecular weight is 213 g/mol. The maximum Gasteiger partial charge on any atom is 0.275 e. The number of nitrogens with zero attached hydrogens (tertiary/aromatic N) is 4. The molecule has 1 rings (SSSR count). The van der Waals surface area contributed by atoms with Gasteiger partial charge in [0.1, 0.15) is 0 Å². The molecule has 7 nitrogen and oxygen atoms in total. The first-order chi connectivity index (χ1) is 7.19. The molecule has 84 valence electrons. The van der Waals surface area contributed by atoms with Crippen LogP contribution in [0.1, 0.15) is 10.5 Å². The molecule has 0 fully saturated rings. The third-order valence-electron chi connectivity index (χ3n) is 1.90. The third-order valence-corrected chi connectivity index (χ3v) is 1.90. The van der Waals surface area contributed by atoms with Crippen LogP contribution in [0.25, 0.3) is 0 Å². The van der Waals surface area contributed by atoms with Gasteiger partial charge in [-0.3, -0.25) is 9.48 Å². The summed E-state index contributed by atoms with van der Waals surface area (Å²) in [7, 11) is 1.60. The van der Waals surface area contributed by atoms with Gasteiger partial charge in [0, 0.05) is 20.1 Å². The molecule has 1 amide bonds. The van der Waals surface area contributed by atoms with Crippen molar-refractivity contribution in [2.24, 2.45) is 5.73 Å². The summed E-state index contributed by atoms with van der Waals surface area (Å²) in [5.74, 6) is -0.257. The number of carbonyl (C=O) groups is 1. The average Bonchev–Trinajstić information content (AvgIpc) is 2.66. The molecule has 0 bridgehead atoms. The van der Waals surface area contributed by atoms with Crippen LogP contribution in [0.3, 0.4) is 0 Å². The summed E-state index contributed by atoms with van der Waals surface area (Å²) < 4.78 is 1.51. The van der Waals surface area contributed by atoms with Crippen LogP contribution in [0.5, 0.6) is 0 Å². The van der Waals surface area contributed by atoms with Crippen molar-refractivity contribution in [3.63, 3.8) is 0 Å². The van der Waals surface area contributed by atoms with E-state index in [-0.39, 0.29) is 24.8 Å². The fourth-order valence-corrected chi connectivity index (χ4v) is 1.09. The molecule has 0 aromatic carbocycles.